The van der Waals surface area contributed by atoms with Gasteiger partial charge in [-0.3, -0.25) is 0 Å². The molecule has 2 N–H and O–H groups in total. The zero-order valence-corrected chi connectivity index (χ0v) is 10.0. The summed E-state index contributed by atoms with van der Waals surface area (Å²) < 4.78 is 6.01. The van der Waals surface area contributed by atoms with Crippen molar-refractivity contribution in [3.8, 4) is 0 Å². The maximum Gasteiger partial charge on any atom is 0.0748 e. The molecule has 0 amide bonds. The average Bonchev–Trinajstić information content (AvgIpc) is 2.64. The molecular formula is C12H23NO2. The molecule has 3 nitrogen and oxygen atoms in total. The van der Waals surface area contributed by atoms with E-state index in [9.17, 15) is 5.11 Å². The van der Waals surface area contributed by atoms with E-state index >= 15 is 0 Å². The SMILES string of the molecule is CC(C)(C)O[C@H]1CCNC1CC1(O)CC1. The third-order valence-corrected chi connectivity index (χ3v) is 3.22. The van der Waals surface area contributed by atoms with Crippen molar-refractivity contribution in [1.82, 2.24) is 5.32 Å². The van der Waals surface area contributed by atoms with Gasteiger partial charge in [0.25, 0.3) is 0 Å². The third-order valence-electron chi connectivity index (χ3n) is 3.22. The molecule has 2 atom stereocenters. The molecule has 1 aliphatic heterocycles. The first-order chi connectivity index (χ1) is 6.88. The highest BCUT2D eigenvalue weighted by atomic mass is 16.5. The summed E-state index contributed by atoms with van der Waals surface area (Å²) in [6.07, 6.45) is 4.13. The van der Waals surface area contributed by atoms with Crippen LogP contribution < -0.4 is 5.32 Å². The Morgan fingerprint density at radius 2 is 2.07 bits per heavy atom. The van der Waals surface area contributed by atoms with Gasteiger partial charge in [-0.05, 0) is 53.0 Å². The van der Waals surface area contributed by atoms with Crippen molar-refractivity contribution in [2.45, 2.75) is 69.8 Å². The standard InChI is InChI=1S/C12H23NO2/c1-11(2,3)15-10-4-7-13-9(10)8-12(14)5-6-12/h9-10,13-14H,4-8H2,1-3H3/t9?,10-/m0/s1. The summed E-state index contributed by atoms with van der Waals surface area (Å²) in [5, 5.41) is 13.4. The van der Waals surface area contributed by atoms with Crippen molar-refractivity contribution in [1.29, 1.82) is 0 Å². The van der Waals surface area contributed by atoms with Crippen LogP contribution in [0.1, 0.15) is 46.5 Å². The number of ether oxygens (including phenoxy) is 1. The monoisotopic (exact) mass is 213 g/mol. The van der Waals surface area contributed by atoms with E-state index in [1.54, 1.807) is 0 Å². The summed E-state index contributed by atoms with van der Waals surface area (Å²) in [6, 6.07) is 0.344. The molecule has 2 rings (SSSR count). The fourth-order valence-corrected chi connectivity index (χ4v) is 2.30. The Morgan fingerprint density at radius 1 is 1.40 bits per heavy atom. The molecule has 88 valence electrons. The van der Waals surface area contributed by atoms with E-state index in [4.69, 9.17) is 4.74 Å². The van der Waals surface area contributed by atoms with Crippen LogP contribution in [0.5, 0.6) is 0 Å². The lowest BCUT2D eigenvalue weighted by molar-refractivity contribution is -0.0697. The molecule has 1 heterocycles. The van der Waals surface area contributed by atoms with Crippen LogP contribution in [0.2, 0.25) is 0 Å². The van der Waals surface area contributed by atoms with Crippen LogP contribution in [0.3, 0.4) is 0 Å². The zero-order valence-electron chi connectivity index (χ0n) is 10.0. The van der Waals surface area contributed by atoms with Crippen LogP contribution in [0, 0.1) is 0 Å². The number of rotatable bonds is 3. The summed E-state index contributed by atoms with van der Waals surface area (Å²) in [7, 11) is 0. The van der Waals surface area contributed by atoms with Crippen LogP contribution in [0.4, 0.5) is 0 Å². The molecule has 0 spiro atoms. The Hall–Kier alpha value is -0.120. The number of hydrogen-bond donors (Lipinski definition) is 2. The predicted octanol–water partition coefficient (Wildman–Crippen LogP) is 1.45. The second kappa shape index (κ2) is 3.72. The quantitative estimate of drug-likeness (QED) is 0.745. The second-order valence-electron chi connectivity index (χ2n) is 6.05. The van der Waals surface area contributed by atoms with Crippen molar-refractivity contribution in [3.05, 3.63) is 0 Å². The molecule has 1 unspecified atom stereocenters. The zero-order chi connectivity index (χ0) is 11.1. The Balaban J connectivity index is 1.87. The fourth-order valence-electron chi connectivity index (χ4n) is 2.30. The molecular weight excluding hydrogens is 190 g/mol. The molecule has 1 aliphatic carbocycles. The highest BCUT2D eigenvalue weighted by Crippen LogP contribution is 2.41. The smallest absolute Gasteiger partial charge is 0.0748 e. The molecule has 0 aromatic rings. The van der Waals surface area contributed by atoms with Crippen molar-refractivity contribution >= 4 is 0 Å². The Bertz CT molecular complexity index is 217. The lowest BCUT2D eigenvalue weighted by Crippen LogP contribution is -2.39. The van der Waals surface area contributed by atoms with Gasteiger partial charge in [0.15, 0.2) is 0 Å². The third kappa shape index (κ3) is 3.16. The predicted molar refractivity (Wildman–Crippen MR) is 59.8 cm³/mol. The normalized spacial score (nSPS) is 34.4. The van der Waals surface area contributed by atoms with Gasteiger partial charge in [0, 0.05) is 6.04 Å². The molecule has 3 heteroatoms. The highest BCUT2D eigenvalue weighted by molar-refractivity contribution is 5.00. The van der Waals surface area contributed by atoms with Crippen molar-refractivity contribution in [3.63, 3.8) is 0 Å². The average molecular weight is 213 g/mol. The van der Waals surface area contributed by atoms with Crippen molar-refractivity contribution in [2.75, 3.05) is 6.54 Å². The maximum absolute atomic E-state index is 9.91. The number of hydrogen-bond acceptors (Lipinski definition) is 3. The van der Waals surface area contributed by atoms with Crippen molar-refractivity contribution < 1.29 is 9.84 Å². The van der Waals surface area contributed by atoms with Gasteiger partial charge < -0.3 is 15.2 Å². The Kier molecular flexibility index (Phi) is 2.82. The van der Waals surface area contributed by atoms with Crippen LogP contribution >= 0.6 is 0 Å². The van der Waals surface area contributed by atoms with E-state index in [1.807, 2.05) is 0 Å². The van der Waals surface area contributed by atoms with E-state index in [0.29, 0.717) is 6.04 Å². The minimum Gasteiger partial charge on any atom is -0.390 e. The van der Waals surface area contributed by atoms with Gasteiger partial charge >= 0.3 is 0 Å². The first-order valence-corrected chi connectivity index (χ1v) is 6.02. The van der Waals surface area contributed by atoms with Gasteiger partial charge in [0.2, 0.25) is 0 Å². The van der Waals surface area contributed by atoms with Crippen LogP contribution in [0.15, 0.2) is 0 Å². The fraction of sp³-hybridized carbons (Fsp3) is 1.00. The van der Waals surface area contributed by atoms with Gasteiger partial charge in [0.1, 0.15) is 0 Å². The summed E-state index contributed by atoms with van der Waals surface area (Å²) in [5.41, 5.74) is -0.456. The molecule has 0 bridgehead atoms. The Labute approximate surface area is 92.2 Å². The van der Waals surface area contributed by atoms with Gasteiger partial charge in [-0.2, -0.15) is 0 Å². The lowest BCUT2D eigenvalue weighted by Gasteiger charge is -2.29. The highest BCUT2D eigenvalue weighted by Gasteiger charge is 2.45. The summed E-state index contributed by atoms with van der Waals surface area (Å²) in [5.74, 6) is 0. The minimum absolute atomic E-state index is 0.0822. The topological polar surface area (TPSA) is 41.5 Å². The summed E-state index contributed by atoms with van der Waals surface area (Å²) >= 11 is 0. The Morgan fingerprint density at radius 3 is 2.60 bits per heavy atom. The maximum atomic E-state index is 9.91. The molecule has 1 saturated carbocycles. The molecule has 0 radical (unpaired) electrons. The first-order valence-electron chi connectivity index (χ1n) is 6.02. The van der Waals surface area contributed by atoms with Gasteiger partial charge in [-0.25, -0.2) is 0 Å². The molecule has 0 aromatic carbocycles. The lowest BCUT2D eigenvalue weighted by atomic mass is 10.0. The van der Waals surface area contributed by atoms with Gasteiger partial charge in [-0.15, -0.1) is 0 Å². The summed E-state index contributed by atoms with van der Waals surface area (Å²) in [6.45, 7) is 7.29. The van der Waals surface area contributed by atoms with Crippen LogP contribution in [0.25, 0.3) is 0 Å². The second-order valence-corrected chi connectivity index (χ2v) is 6.05. The number of nitrogens with one attached hydrogen (secondary N) is 1. The van der Waals surface area contributed by atoms with Crippen molar-refractivity contribution in [2.24, 2.45) is 0 Å². The minimum atomic E-state index is -0.374. The van der Waals surface area contributed by atoms with Crippen LogP contribution in [-0.4, -0.2) is 35.0 Å². The first kappa shape index (κ1) is 11.4. The van der Waals surface area contributed by atoms with Gasteiger partial charge in [0.05, 0.1) is 17.3 Å². The van der Waals surface area contributed by atoms with E-state index in [1.165, 1.54) is 0 Å². The van der Waals surface area contributed by atoms with Gasteiger partial charge in [-0.1, -0.05) is 0 Å². The molecule has 0 aromatic heterocycles. The van der Waals surface area contributed by atoms with E-state index in [2.05, 4.69) is 26.1 Å². The van der Waals surface area contributed by atoms with Crippen LogP contribution in [-0.2, 0) is 4.74 Å². The molecule has 2 aliphatic rings. The van der Waals surface area contributed by atoms with E-state index in [0.717, 1.165) is 32.2 Å². The molecule has 1 saturated heterocycles. The molecule has 2 fully saturated rings. The largest absolute Gasteiger partial charge is 0.390 e. The number of aliphatic hydroxyl groups is 1. The van der Waals surface area contributed by atoms with E-state index < -0.39 is 0 Å². The molecule has 15 heavy (non-hydrogen) atoms. The van der Waals surface area contributed by atoms with E-state index in [-0.39, 0.29) is 17.3 Å². The summed E-state index contributed by atoms with van der Waals surface area (Å²) in [4.78, 5) is 0.